The third-order valence-electron chi connectivity index (χ3n) is 4.55. The minimum atomic E-state index is -3.55. The molecule has 24 heavy (non-hydrogen) atoms. The summed E-state index contributed by atoms with van der Waals surface area (Å²) in [7, 11) is -3.55. The van der Waals surface area contributed by atoms with Crippen LogP contribution in [0.2, 0.25) is 0 Å². The Morgan fingerprint density at radius 3 is 2.67 bits per heavy atom. The highest BCUT2D eigenvalue weighted by atomic mass is 35.5. The van der Waals surface area contributed by atoms with Crippen molar-refractivity contribution in [1.82, 2.24) is 9.62 Å². The lowest BCUT2D eigenvalue weighted by Gasteiger charge is -2.21. The molecule has 0 radical (unpaired) electrons. The maximum Gasteiger partial charge on any atom is 0.254 e. The molecule has 0 spiro atoms. The molecule has 134 valence electrons. The lowest BCUT2D eigenvalue weighted by atomic mass is 10.1. The molecule has 0 aromatic heterocycles. The topological polar surface area (TPSA) is 92.5 Å². The molecule has 1 aromatic carbocycles. The van der Waals surface area contributed by atoms with Gasteiger partial charge < -0.3 is 10.6 Å². The molecule has 8 heteroatoms. The quantitative estimate of drug-likeness (QED) is 0.815. The number of nitrogens with two attached hydrogens (primary N) is 1. The van der Waals surface area contributed by atoms with Crippen LogP contribution in [0.3, 0.4) is 0 Å². The number of hydrogen-bond acceptors (Lipinski definition) is 4. The van der Waals surface area contributed by atoms with Gasteiger partial charge in [0.2, 0.25) is 10.0 Å². The minimum Gasteiger partial charge on any atom is -0.336 e. The van der Waals surface area contributed by atoms with Crippen LogP contribution in [-0.2, 0) is 10.0 Å². The van der Waals surface area contributed by atoms with E-state index in [-0.39, 0.29) is 35.3 Å². The lowest BCUT2D eigenvalue weighted by Crippen LogP contribution is -2.34. The summed E-state index contributed by atoms with van der Waals surface area (Å²) in [5.41, 5.74) is 6.12. The number of halogens is 1. The predicted molar refractivity (Wildman–Crippen MR) is 94.7 cm³/mol. The molecule has 1 aliphatic carbocycles. The van der Waals surface area contributed by atoms with E-state index in [1.807, 2.05) is 6.92 Å². The molecular formula is C16H24ClN3O3S. The van der Waals surface area contributed by atoms with E-state index in [9.17, 15) is 13.2 Å². The van der Waals surface area contributed by atoms with Crippen molar-refractivity contribution in [1.29, 1.82) is 0 Å². The number of likely N-dealkylation sites (tertiary alicyclic amines) is 1. The lowest BCUT2D eigenvalue weighted by molar-refractivity contribution is 0.0743. The van der Waals surface area contributed by atoms with Crippen LogP contribution in [0.25, 0.3) is 0 Å². The Morgan fingerprint density at radius 1 is 1.38 bits per heavy atom. The van der Waals surface area contributed by atoms with Gasteiger partial charge in [0.15, 0.2) is 0 Å². The smallest absolute Gasteiger partial charge is 0.254 e. The van der Waals surface area contributed by atoms with E-state index in [1.165, 1.54) is 12.1 Å². The summed E-state index contributed by atoms with van der Waals surface area (Å²) in [5, 5.41) is 0. The molecular weight excluding hydrogens is 350 g/mol. The Kier molecular flexibility index (Phi) is 5.91. The van der Waals surface area contributed by atoms with Crippen LogP contribution in [0.1, 0.15) is 36.5 Å². The van der Waals surface area contributed by atoms with Crippen molar-refractivity contribution >= 4 is 28.3 Å². The first kappa shape index (κ1) is 19.2. The molecule has 2 aliphatic rings. The van der Waals surface area contributed by atoms with Gasteiger partial charge in [0.05, 0.1) is 4.90 Å². The second-order valence-corrected chi connectivity index (χ2v) is 8.28. The van der Waals surface area contributed by atoms with Gasteiger partial charge in [-0.1, -0.05) is 6.07 Å². The third-order valence-corrected chi connectivity index (χ3v) is 6.06. The van der Waals surface area contributed by atoms with Gasteiger partial charge in [0.1, 0.15) is 0 Å². The van der Waals surface area contributed by atoms with Gasteiger partial charge in [-0.3, -0.25) is 4.79 Å². The van der Waals surface area contributed by atoms with Gasteiger partial charge in [0.25, 0.3) is 5.91 Å². The van der Waals surface area contributed by atoms with Crippen LogP contribution < -0.4 is 10.5 Å². The summed E-state index contributed by atoms with van der Waals surface area (Å²) in [5.74, 6) is 0.189. The fraction of sp³-hybridized carbons (Fsp3) is 0.562. The summed E-state index contributed by atoms with van der Waals surface area (Å²) in [6.45, 7) is 3.20. The summed E-state index contributed by atoms with van der Waals surface area (Å²) in [6.07, 6.45) is 2.65. The van der Waals surface area contributed by atoms with Crippen molar-refractivity contribution in [3.8, 4) is 0 Å². The highest BCUT2D eigenvalue weighted by Gasteiger charge is 2.33. The molecule has 1 saturated carbocycles. The van der Waals surface area contributed by atoms with Gasteiger partial charge in [-0.15, -0.1) is 12.4 Å². The van der Waals surface area contributed by atoms with E-state index < -0.39 is 10.0 Å². The molecule has 1 amide bonds. The number of nitrogens with one attached hydrogen (secondary N) is 1. The first-order valence-corrected chi connectivity index (χ1v) is 9.52. The number of amides is 1. The average Bonchev–Trinajstić information content (AvgIpc) is 3.25. The molecule has 1 aliphatic heterocycles. The molecule has 2 unspecified atom stereocenters. The summed E-state index contributed by atoms with van der Waals surface area (Å²) in [6, 6.07) is 6.45. The monoisotopic (exact) mass is 373 g/mol. The molecule has 0 bridgehead atoms. The van der Waals surface area contributed by atoms with Crippen LogP contribution in [-0.4, -0.2) is 44.4 Å². The zero-order valence-corrected chi connectivity index (χ0v) is 15.3. The van der Waals surface area contributed by atoms with Crippen molar-refractivity contribution in [2.45, 2.75) is 43.2 Å². The molecule has 2 fully saturated rings. The van der Waals surface area contributed by atoms with E-state index in [4.69, 9.17) is 5.73 Å². The van der Waals surface area contributed by atoms with Gasteiger partial charge in [0, 0.05) is 24.2 Å². The van der Waals surface area contributed by atoms with Crippen LogP contribution >= 0.6 is 12.4 Å². The molecule has 3 rings (SSSR count). The summed E-state index contributed by atoms with van der Waals surface area (Å²) < 4.78 is 27.2. The number of rotatable bonds is 5. The van der Waals surface area contributed by atoms with Crippen molar-refractivity contribution in [3.63, 3.8) is 0 Å². The molecule has 2 atom stereocenters. The number of carbonyl (C=O) groups is 1. The SMILES string of the molecule is CC1CC(CN)CN1C(=O)c1cccc(S(=O)(=O)NC2CC2)c1.Cl. The van der Waals surface area contributed by atoms with E-state index >= 15 is 0 Å². The van der Waals surface area contributed by atoms with E-state index in [0.29, 0.717) is 24.6 Å². The first-order chi connectivity index (χ1) is 10.9. The second-order valence-electron chi connectivity index (χ2n) is 6.57. The van der Waals surface area contributed by atoms with E-state index in [1.54, 1.807) is 17.0 Å². The molecule has 3 N–H and O–H groups in total. The first-order valence-electron chi connectivity index (χ1n) is 8.04. The Morgan fingerprint density at radius 2 is 2.08 bits per heavy atom. The molecule has 6 nitrogen and oxygen atoms in total. The number of hydrogen-bond donors (Lipinski definition) is 2. The average molecular weight is 374 g/mol. The van der Waals surface area contributed by atoms with Crippen molar-refractivity contribution in [3.05, 3.63) is 29.8 Å². The van der Waals surface area contributed by atoms with E-state index in [0.717, 1.165) is 19.3 Å². The minimum absolute atomic E-state index is 0. The van der Waals surface area contributed by atoms with Crippen LogP contribution in [0.15, 0.2) is 29.2 Å². The van der Waals surface area contributed by atoms with Gasteiger partial charge in [-0.05, 0) is 56.8 Å². The van der Waals surface area contributed by atoms with Crippen molar-refractivity contribution in [2.75, 3.05) is 13.1 Å². The fourth-order valence-electron chi connectivity index (χ4n) is 3.05. The van der Waals surface area contributed by atoms with Gasteiger partial charge >= 0.3 is 0 Å². The maximum absolute atomic E-state index is 12.7. The van der Waals surface area contributed by atoms with Crippen molar-refractivity contribution < 1.29 is 13.2 Å². The zero-order chi connectivity index (χ0) is 16.6. The van der Waals surface area contributed by atoms with Crippen LogP contribution in [0.4, 0.5) is 0 Å². The Bertz CT molecular complexity index is 706. The summed E-state index contributed by atoms with van der Waals surface area (Å²) >= 11 is 0. The highest BCUT2D eigenvalue weighted by Crippen LogP contribution is 2.26. The summed E-state index contributed by atoms with van der Waals surface area (Å²) in [4.78, 5) is 14.6. The standard InChI is InChI=1S/C16H23N3O3S.ClH/c1-11-7-12(9-17)10-19(11)16(20)13-3-2-4-15(8-13)23(21,22)18-14-5-6-14;/h2-4,8,11-12,14,18H,5-7,9-10,17H2,1H3;1H. The largest absolute Gasteiger partial charge is 0.336 e. The number of nitrogens with zero attached hydrogens (tertiary/aromatic N) is 1. The fourth-order valence-corrected chi connectivity index (χ4v) is 4.40. The van der Waals surface area contributed by atoms with Gasteiger partial charge in [-0.2, -0.15) is 0 Å². The Labute approximate surface area is 149 Å². The number of carbonyl (C=O) groups excluding carboxylic acids is 1. The second kappa shape index (κ2) is 7.39. The van der Waals surface area contributed by atoms with Crippen LogP contribution in [0, 0.1) is 5.92 Å². The molecule has 1 heterocycles. The normalized spacial score (nSPS) is 23.8. The third kappa shape index (κ3) is 4.08. The maximum atomic E-state index is 12.7. The van der Waals surface area contributed by atoms with Crippen molar-refractivity contribution in [2.24, 2.45) is 11.7 Å². The van der Waals surface area contributed by atoms with Gasteiger partial charge in [-0.25, -0.2) is 13.1 Å². The highest BCUT2D eigenvalue weighted by molar-refractivity contribution is 7.89. The Hall–Kier alpha value is -1.15. The van der Waals surface area contributed by atoms with Crippen LogP contribution in [0.5, 0.6) is 0 Å². The predicted octanol–water partition coefficient (Wildman–Crippen LogP) is 1.36. The van der Waals surface area contributed by atoms with E-state index in [2.05, 4.69) is 4.72 Å². The number of sulfonamides is 1. The molecule has 1 aromatic rings. The number of benzene rings is 1. The zero-order valence-electron chi connectivity index (χ0n) is 13.6. The molecule has 1 saturated heterocycles. The Balaban J connectivity index is 0.00000208.